The van der Waals surface area contributed by atoms with E-state index in [0.29, 0.717) is 10.6 Å². The van der Waals surface area contributed by atoms with Gasteiger partial charge in [0.15, 0.2) is 0 Å². The van der Waals surface area contributed by atoms with Gasteiger partial charge in [-0.05, 0) is 38.1 Å². The fraction of sp³-hybridized carbons (Fsp3) is 0.136. The van der Waals surface area contributed by atoms with Crippen LogP contribution in [0.25, 0.3) is 11.6 Å². The Balaban J connectivity index is 1.59. The highest BCUT2D eigenvalue weighted by Crippen LogP contribution is 2.37. The van der Waals surface area contributed by atoms with Crippen molar-refractivity contribution in [2.24, 2.45) is 4.99 Å². The molecule has 2 N–H and O–H groups in total. The monoisotopic (exact) mass is 405 g/mol. The summed E-state index contributed by atoms with van der Waals surface area (Å²) in [7, 11) is 0. The molecule has 1 amide bonds. The molecule has 7 heteroatoms. The molecule has 0 saturated heterocycles. The molecular weight excluding hydrogens is 386 g/mol. The van der Waals surface area contributed by atoms with Crippen molar-refractivity contribution in [1.82, 2.24) is 4.57 Å². The van der Waals surface area contributed by atoms with Gasteiger partial charge in [0.05, 0.1) is 10.6 Å². The summed E-state index contributed by atoms with van der Waals surface area (Å²) in [5.41, 5.74) is 5.21. The van der Waals surface area contributed by atoms with E-state index < -0.39 is 4.87 Å². The molecule has 0 spiro atoms. The van der Waals surface area contributed by atoms with Gasteiger partial charge >= 0.3 is 4.87 Å². The third kappa shape index (κ3) is 3.77. The number of nitrogens with one attached hydrogen (secondary N) is 1. The molecule has 1 aliphatic heterocycles. The Morgan fingerprint density at radius 2 is 1.90 bits per heavy atom. The van der Waals surface area contributed by atoms with Gasteiger partial charge in [-0.3, -0.25) is 19.1 Å². The number of benzene rings is 2. The summed E-state index contributed by atoms with van der Waals surface area (Å²) >= 11 is 0.901. The van der Waals surface area contributed by atoms with Crippen LogP contribution in [0.15, 0.2) is 58.3 Å². The van der Waals surface area contributed by atoms with Crippen LogP contribution in [-0.4, -0.2) is 21.3 Å². The predicted octanol–water partition coefficient (Wildman–Crippen LogP) is 4.21. The molecule has 0 atom stereocenters. The Labute approximate surface area is 171 Å². The smallest absolute Gasteiger partial charge is 0.311 e. The maximum absolute atomic E-state index is 12.4. The minimum atomic E-state index is -0.394. The number of thiazole rings is 1. The van der Waals surface area contributed by atoms with Crippen molar-refractivity contribution in [3.63, 3.8) is 0 Å². The summed E-state index contributed by atoms with van der Waals surface area (Å²) in [6, 6.07) is 15.1. The Morgan fingerprint density at radius 3 is 2.66 bits per heavy atom. The average Bonchev–Trinajstić information content (AvgIpc) is 3.15. The molecule has 29 heavy (non-hydrogen) atoms. The standard InChI is InChI=1S/C22H19N3O3S/c1-13-7-9-15(10-8-13)24-20(26)12-25-21(27)19(29-22(25)28)11-17-14(2)23-18-6-4-3-5-16(17)18/h3-11,27H,12H2,1-2H3,(H,24,26)/b17-11-. The number of carbonyl (C=O) groups excluding carboxylic acids is 1. The third-order valence-corrected chi connectivity index (χ3v) is 5.59. The zero-order valence-corrected chi connectivity index (χ0v) is 16.8. The molecule has 1 aromatic heterocycles. The second-order valence-corrected chi connectivity index (χ2v) is 7.82. The minimum Gasteiger partial charge on any atom is -0.493 e. The molecule has 2 heterocycles. The maximum atomic E-state index is 12.4. The maximum Gasteiger partial charge on any atom is 0.311 e. The van der Waals surface area contributed by atoms with E-state index in [0.717, 1.165) is 44.0 Å². The third-order valence-electron chi connectivity index (χ3n) is 4.68. The number of aryl methyl sites for hydroxylation is 1. The minimum absolute atomic E-state index is 0.219. The summed E-state index contributed by atoms with van der Waals surface area (Å²) in [4.78, 5) is 29.2. The number of anilines is 1. The van der Waals surface area contributed by atoms with Gasteiger partial charge in [-0.2, -0.15) is 0 Å². The van der Waals surface area contributed by atoms with Gasteiger partial charge < -0.3 is 10.4 Å². The van der Waals surface area contributed by atoms with Crippen LogP contribution < -0.4 is 10.2 Å². The SMILES string of the molecule is CC1=Nc2ccccc2/C1=C\c1sc(=O)n(CC(=O)Nc2ccc(C)cc2)c1O. The van der Waals surface area contributed by atoms with E-state index in [9.17, 15) is 14.7 Å². The highest BCUT2D eigenvalue weighted by molar-refractivity contribution is 7.10. The number of nitrogens with zero attached hydrogens (tertiary/aromatic N) is 2. The highest BCUT2D eigenvalue weighted by atomic mass is 32.1. The summed E-state index contributed by atoms with van der Waals surface area (Å²) in [6.07, 6.45) is 1.75. The van der Waals surface area contributed by atoms with E-state index in [2.05, 4.69) is 10.3 Å². The topological polar surface area (TPSA) is 83.7 Å². The van der Waals surface area contributed by atoms with Crippen LogP contribution in [0.4, 0.5) is 11.4 Å². The van der Waals surface area contributed by atoms with E-state index >= 15 is 0 Å². The number of aliphatic imine (C=N–C) groups is 1. The van der Waals surface area contributed by atoms with E-state index in [1.54, 1.807) is 18.2 Å². The first-order chi connectivity index (χ1) is 13.9. The molecule has 6 nitrogen and oxygen atoms in total. The zero-order valence-electron chi connectivity index (χ0n) is 16.0. The molecule has 3 aromatic rings. The first-order valence-electron chi connectivity index (χ1n) is 9.08. The van der Waals surface area contributed by atoms with Crippen molar-refractivity contribution in [3.8, 4) is 5.88 Å². The number of rotatable bonds is 4. The number of allylic oxidation sites excluding steroid dienone is 1. The molecule has 0 saturated carbocycles. The number of carbonyl (C=O) groups is 1. The molecule has 4 rings (SSSR count). The second-order valence-electron chi connectivity index (χ2n) is 6.83. The fourth-order valence-corrected chi connectivity index (χ4v) is 4.00. The number of fused-ring (bicyclic) bond motifs is 1. The highest BCUT2D eigenvalue weighted by Gasteiger charge is 2.20. The summed E-state index contributed by atoms with van der Waals surface area (Å²) in [5, 5.41) is 13.3. The molecule has 1 aliphatic rings. The van der Waals surface area contributed by atoms with E-state index in [1.165, 1.54) is 0 Å². The Hall–Kier alpha value is -3.45. The first-order valence-corrected chi connectivity index (χ1v) is 9.90. The van der Waals surface area contributed by atoms with E-state index in [-0.39, 0.29) is 18.3 Å². The average molecular weight is 405 g/mol. The second kappa shape index (κ2) is 7.52. The zero-order chi connectivity index (χ0) is 20.5. The Morgan fingerprint density at radius 1 is 1.17 bits per heavy atom. The molecule has 0 unspecified atom stereocenters. The van der Waals surface area contributed by atoms with Crippen molar-refractivity contribution < 1.29 is 9.90 Å². The van der Waals surface area contributed by atoms with Crippen LogP contribution in [0, 0.1) is 6.92 Å². The van der Waals surface area contributed by atoms with Crippen LogP contribution in [0.5, 0.6) is 5.88 Å². The van der Waals surface area contributed by atoms with Crippen molar-refractivity contribution >= 4 is 46.0 Å². The van der Waals surface area contributed by atoms with Gasteiger partial charge in [-0.1, -0.05) is 47.2 Å². The van der Waals surface area contributed by atoms with Crippen molar-refractivity contribution in [2.45, 2.75) is 20.4 Å². The lowest BCUT2D eigenvalue weighted by Crippen LogP contribution is -2.24. The van der Waals surface area contributed by atoms with Crippen molar-refractivity contribution in [1.29, 1.82) is 0 Å². The van der Waals surface area contributed by atoms with Gasteiger partial charge in [0.1, 0.15) is 6.54 Å². The number of hydrogen-bond donors (Lipinski definition) is 2. The quantitative estimate of drug-likeness (QED) is 0.682. The number of hydrogen-bond acceptors (Lipinski definition) is 5. The van der Waals surface area contributed by atoms with Crippen LogP contribution in [0.3, 0.4) is 0 Å². The lowest BCUT2D eigenvalue weighted by molar-refractivity contribution is -0.116. The van der Waals surface area contributed by atoms with Gasteiger partial charge in [0, 0.05) is 22.5 Å². The van der Waals surface area contributed by atoms with Crippen LogP contribution in [-0.2, 0) is 11.3 Å². The number of amides is 1. The Bertz CT molecular complexity index is 1220. The van der Waals surface area contributed by atoms with Gasteiger partial charge in [-0.15, -0.1) is 0 Å². The van der Waals surface area contributed by atoms with Gasteiger partial charge in [0.2, 0.25) is 11.8 Å². The molecule has 0 radical (unpaired) electrons. The number of aromatic hydroxyl groups is 1. The lowest BCUT2D eigenvalue weighted by Gasteiger charge is -2.07. The van der Waals surface area contributed by atoms with Crippen molar-refractivity contribution in [3.05, 3.63) is 74.2 Å². The number of aromatic nitrogens is 1. The van der Waals surface area contributed by atoms with Crippen LogP contribution >= 0.6 is 11.3 Å². The largest absolute Gasteiger partial charge is 0.493 e. The predicted molar refractivity (Wildman–Crippen MR) is 117 cm³/mol. The summed E-state index contributed by atoms with van der Waals surface area (Å²) < 4.78 is 1.08. The molecule has 2 aromatic carbocycles. The summed E-state index contributed by atoms with van der Waals surface area (Å²) in [6.45, 7) is 3.58. The molecule has 146 valence electrons. The molecule has 0 bridgehead atoms. The summed E-state index contributed by atoms with van der Waals surface area (Å²) in [5.74, 6) is -0.601. The lowest BCUT2D eigenvalue weighted by atomic mass is 10.0. The Kier molecular flexibility index (Phi) is 4.90. The molecule has 0 aliphatic carbocycles. The van der Waals surface area contributed by atoms with Crippen molar-refractivity contribution in [2.75, 3.05) is 5.32 Å². The molecule has 0 fully saturated rings. The van der Waals surface area contributed by atoms with Gasteiger partial charge in [0.25, 0.3) is 0 Å². The number of para-hydroxylation sites is 1. The van der Waals surface area contributed by atoms with Crippen LogP contribution in [0.2, 0.25) is 0 Å². The normalized spacial score (nSPS) is 14.0. The van der Waals surface area contributed by atoms with E-state index in [4.69, 9.17) is 0 Å². The van der Waals surface area contributed by atoms with E-state index in [1.807, 2.05) is 50.2 Å². The van der Waals surface area contributed by atoms with Crippen LogP contribution in [0.1, 0.15) is 22.9 Å². The molecular formula is C22H19N3O3S. The van der Waals surface area contributed by atoms with Gasteiger partial charge in [-0.25, -0.2) is 0 Å². The fourth-order valence-electron chi connectivity index (χ4n) is 3.18. The first kappa shape index (κ1) is 18.9.